The summed E-state index contributed by atoms with van der Waals surface area (Å²) in [5.74, 6) is -0.218. The number of hydrogen-bond acceptors (Lipinski definition) is 4. The molecule has 5 nitrogen and oxygen atoms in total. The Kier molecular flexibility index (Phi) is 4.22. The smallest absolute Gasteiger partial charge is 0.258 e. The highest BCUT2D eigenvalue weighted by Gasteiger charge is 2.20. The standard InChI is InChI=1S/C11H15NO4S/c1-9(2)7-17(15,16)8-10-5-3-4-6-11(10)12(13)14/h3-6,9H,7-8H2,1-2H3. The van der Waals surface area contributed by atoms with Gasteiger partial charge in [-0.25, -0.2) is 8.42 Å². The van der Waals surface area contributed by atoms with E-state index in [4.69, 9.17) is 0 Å². The Hall–Kier alpha value is -1.43. The van der Waals surface area contributed by atoms with Crippen LogP contribution >= 0.6 is 0 Å². The van der Waals surface area contributed by atoms with Crippen LogP contribution in [-0.4, -0.2) is 19.1 Å². The summed E-state index contributed by atoms with van der Waals surface area (Å²) in [4.78, 5) is 10.2. The van der Waals surface area contributed by atoms with E-state index in [1.54, 1.807) is 19.9 Å². The fourth-order valence-electron chi connectivity index (χ4n) is 1.61. The summed E-state index contributed by atoms with van der Waals surface area (Å²) in [6.45, 7) is 3.61. The van der Waals surface area contributed by atoms with Crippen LogP contribution in [-0.2, 0) is 15.6 Å². The molecular formula is C11H15NO4S. The van der Waals surface area contributed by atoms with Crippen molar-refractivity contribution in [1.29, 1.82) is 0 Å². The average Bonchev–Trinajstić information content (AvgIpc) is 2.14. The molecule has 0 aromatic heterocycles. The molecule has 0 heterocycles. The molecule has 6 heteroatoms. The average molecular weight is 257 g/mol. The molecule has 0 aliphatic carbocycles. The number of nitro benzene ring substituents is 1. The highest BCUT2D eigenvalue weighted by Crippen LogP contribution is 2.21. The van der Waals surface area contributed by atoms with Gasteiger partial charge in [-0.3, -0.25) is 10.1 Å². The maximum atomic E-state index is 11.8. The van der Waals surface area contributed by atoms with Crippen molar-refractivity contribution < 1.29 is 13.3 Å². The zero-order valence-electron chi connectivity index (χ0n) is 9.79. The van der Waals surface area contributed by atoms with E-state index in [1.807, 2.05) is 0 Å². The molecule has 0 saturated carbocycles. The molecule has 0 spiro atoms. The molecule has 0 aliphatic heterocycles. The van der Waals surface area contributed by atoms with Gasteiger partial charge in [0.2, 0.25) is 0 Å². The van der Waals surface area contributed by atoms with Crippen molar-refractivity contribution in [2.24, 2.45) is 5.92 Å². The van der Waals surface area contributed by atoms with Crippen molar-refractivity contribution in [2.45, 2.75) is 19.6 Å². The minimum Gasteiger partial charge on any atom is -0.258 e. The molecule has 1 aromatic rings. The number of nitrogens with zero attached hydrogens (tertiary/aromatic N) is 1. The molecule has 94 valence electrons. The Morgan fingerprint density at radius 2 is 1.88 bits per heavy atom. The Bertz CT molecular complexity index is 508. The van der Waals surface area contributed by atoms with Crippen LogP contribution in [0, 0.1) is 16.0 Å². The largest absolute Gasteiger partial charge is 0.273 e. The van der Waals surface area contributed by atoms with Crippen LogP contribution in [0.5, 0.6) is 0 Å². The lowest BCUT2D eigenvalue weighted by molar-refractivity contribution is -0.385. The normalized spacial score (nSPS) is 11.7. The maximum Gasteiger partial charge on any atom is 0.273 e. The van der Waals surface area contributed by atoms with Crippen molar-refractivity contribution in [1.82, 2.24) is 0 Å². The number of sulfone groups is 1. The SMILES string of the molecule is CC(C)CS(=O)(=O)Cc1ccccc1[N+](=O)[O-]. The zero-order valence-corrected chi connectivity index (χ0v) is 10.6. The van der Waals surface area contributed by atoms with Gasteiger partial charge in [-0.05, 0) is 5.92 Å². The first-order valence-electron chi connectivity index (χ1n) is 5.24. The molecule has 0 N–H and O–H groups in total. The van der Waals surface area contributed by atoms with E-state index in [0.717, 1.165) is 0 Å². The van der Waals surface area contributed by atoms with Crippen LogP contribution in [0.2, 0.25) is 0 Å². The van der Waals surface area contributed by atoms with Crippen LogP contribution in [0.3, 0.4) is 0 Å². The van der Waals surface area contributed by atoms with Crippen molar-refractivity contribution in [2.75, 3.05) is 5.75 Å². The monoisotopic (exact) mass is 257 g/mol. The van der Waals surface area contributed by atoms with E-state index in [2.05, 4.69) is 0 Å². The van der Waals surface area contributed by atoms with Gasteiger partial charge < -0.3 is 0 Å². The molecule has 1 rings (SSSR count). The molecule has 0 unspecified atom stereocenters. The van der Waals surface area contributed by atoms with Gasteiger partial charge in [-0.1, -0.05) is 32.0 Å². The van der Waals surface area contributed by atoms with E-state index < -0.39 is 14.8 Å². The first-order chi connectivity index (χ1) is 7.82. The van der Waals surface area contributed by atoms with E-state index in [9.17, 15) is 18.5 Å². The predicted molar refractivity (Wildman–Crippen MR) is 65.4 cm³/mol. The summed E-state index contributed by atoms with van der Waals surface area (Å²) >= 11 is 0. The predicted octanol–water partition coefficient (Wildman–Crippen LogP) is 2.17. The lowest BCUT2D eigenvalue weighted by atomic mass is 10.2. The van der Waals surface area contributed by atoms with E-state index in [1.165, 1.54) is 18.2 Å². The van der Waals surface area contributed by atoms with E-state index >= 15 is 0 Å². The van der Waals surface area contributed by atoms with Gasteiger partial charge in [0.15, 0.2) is 9.84 Å². The van der Waals surface area contributed by atoms with E-state index in [0.29, 0.717) is 0 Å². The highest BCUT2D eigenvalue weighted by atomic mass is 32.2. The fourth-order valence-corrected chi connectivity index (χ4v) is 3.47. The minimum atomic E-state index is -3.29. The maximum absolute atomic E-state index is 11.8. The zero-order chi connectivity index (χ0) is 13.1. The van der Waals surface area contributed by atoms with Gasteiger partial charge in [0.1, 0.15) is 0 Å². The first-order valence-corrected chi connectivity index (χ1v) is 7.06. The van der Waals surface area contributed by atoms with Crippen LogP contribution in [0.25, 0.3) is 0 Å². The summed E-state index contributed by atoms with van der Waals surface area (Å²) in [7, 11) is -3.29. The molecule has 0 fully saturated rings. The van der Waals surface area contributed by atoms with Gasteiger partial charge in [-0.2, -0.15) is 0 Å². The number of para-hydroxylation sites is 1. The second-order valence-electron chi connectivity index (χ2n) is 4.33. The summed E-state index contributed by atoms with van der Waals surface area (Å²) in [6, 6.07) is 5.93. The molecule has 0 radical (unpaired) electrons. The minimum absolute atomic E-state index is 0.0165. The van der Waals surface area contributed by atoms with Crippen molar-refractivity contribution in [3.63, 3.8) is 0 Å². The fraction of sp³-hybridized carbons (Fsp3) is 0.455. The van der Waals surface area contributed by atoms with Gasteiger partial charge in [0, 0.05) is 11.6 Å². The quantitative estimate of drug-likeness (QED) is 0.598. The third-order valence-corrected chi connectivity index (χ3v) is 4.08. The van der Waals surface area contributed by atoms with Crippen LogP contribution in [0.1, 0.15) is 19.4 Å². The third kappa shape index (κ3) is 4.14. The van der Waals surface area contributed by atoms with E-state index in [-0.39, 0.29) is 28.7 Å². The molecule has 17 heavy (non-hydrogen) atoms. The Morgan fingerprint density at radius 1 is 1.29 bits per heavy atom. The van der Waals surface area contributed by atoms with Gasteiger partial charge >= 0.3 is 0 Å². The topological polar surface area (TPSA) is 77.3 Å². The van der Waals surface area contributed by atoms with Crippen molar-refractivity contribution in [3.8, 4) is 0 Å². The molecule has 0 saturated heterocycles. The van der Waals surface area contributed by atoms with Gasteiger partial charge in [0.25, 0.3) is 5.69 Å². The molecule has 1 aromatic carbocycles. The Labute approximate surface area is 101 Å². The first kappa shape index (κ1) is 13.6. The van der Waals surface area contributed by atoms with Crippen LogP contribution in [0.15, 0.2) is 24.3 Å². The molecule has 0 aliphatic rings. The Balaban J connectivity index is 3.00. The lowest BCUT2D eigenvalue weighted by Crippen LogP contribution is -2.14. The highest BCUT2D eigenvalue weighted by molar-refractivity contribution is 7.90. The number of hydrogen-bond donors (Lipinski definition) is 0. The second-order valence-corrected chi connectivity index (χ2v) is 6.44. The molecule has 0 bridgehead atoms. The summed E-state index contributed by atoms with van der Waals surface area (Å²) in [5.41, 5.74) is 0.109. The molecular weight excluding hydrogens is 242 g/mol. The number of benzene rings is 1. The number of nitro groups is 1. The molecule has 0 amide bonds. The van der Waals surface area contributed by atoms with Crippen LogP contribution in [0.4, 0.5) is 5.69 Å². The summed E-state index contributed by atoms with van der Waals surface area (Å²) in [5, 5.41) is 10.7. The summed E-state index contributed by atoms with van der Waals surface area (Å²) < 4.78 is 23.5. The van der Waals surface area contributed by atoms with Crippen LogP contribution < -0.4 is 0 Å². The second kappa shape index (κ2) is 5.27. The lowest BCUT2D eigenvalue weighted by Gasteiger charge is -2.07. The van der Waals surface area contributed by atoms with Crippen molar-refractivity contribution >= 4 is 15.5 Å². The Morgan fingerprint density at radius 3 is 2.41 bits per heavy atom. The van der Waals surface area contributed by atoms with Crippen molar-refractivity contribution in [3.05, 3.63) is 39.9 Å². The molecule has 0 atom stereocenters. The number of rotatable bonds is 5. The van der Waals surface area contributed by atoms with Gasteiger partial charge in [0.05, 0.1) is 16.4 Å². The van der Waals surface area contributed by atoms with Gasteiger partial charge in [-0.15, -0.1) is 0 Å². The third-order valence-electron chi connectivity index (χ3n) is 2.15. The summed E-state index contributed by atoms with van der Waals surface area (Å²) in [6.07, 6.45) is 0.